The maximum atomic E-state index is 12.0. The van der Waals surface area contributed by atoms with Crippen molar-refractivity contribution in [3.05, 3.63) is 29.3 Å². The Kier molecular flexibility index (Phi) is 7.91. The molecule has 0 heterocycles. The van der Waals surface area contributed by atoms with Gasteiger partial charge in [0.05, 0.1) is 0 Å². The van der Waals surface area contributed by atoms with E-state index in [-0.39, 0.29) is 18.3 Å². The lowest BCUT2D eigenvalue weighted by atomic mass is 9.98. The average Bonchev–Trinajstić information content (AvgIpc) is 2.34. The third-order valence-electron chi connectivity index (χ3n) is 3.26. The maximum absolute atomic E-state index is 12.0. The monoisotopic (exact) mass is 328 g/mol. The lowest BCUT2D eigenvalue weighted by molar-refractivity contribution is -0.127. The molecule has 1 aromatic rings. The summed E-state index contributed by atoms with van der Waals surface area (Å²) in [4.78, 5) is 12.0. The zero-order chi connectivity index (χ0) is 16.2. The van der Waals surface area contributed by atoms with E-state index in [0.717, 1.165) is 0 Å². The molecule has 0 fully saturated rings. The third-order valence-corrected chi connectivity index (χ3v) is 3.26. The molecule has 1 rings (SSSR count). The van der Waals surface area contributed by atoms with Crippen LogP contribution in [0.5, 0.6) is 5.75 Å². The van der Waals surface area contributed by atoms with Crippen molar-refractivity contribution in [2.75, 3.05) is 6.54 Å². The third kappa shape index (κ3) is 6.67. The van der Waals surface area contributed by atoms with Crippen LogP contribution in [0, 0.1) is 6.92 Å². The smallest absolute Gasteiger partial charge is 0.260 e. The lowest BCUT2D eigenvalue weighted by Crippen LogP contribution is -2.48. The highest BCUT2D eigenvalue weighted by Crippen LogP contribution is 2.24. The molecule has 1 atom stereocenters. The van der Waals surface area contributed by atoms with E-state index in [0.29, 0.717) is 18.2 Å². The Morgan fingerprint density at radius 3 is 2.36 bits per heavy atom. The van der Waals surface area contributed by atoms with Crippen molar-refractivity contribution in [2.24, 2.45) is 5.73 Å². The van der Waals surface area contributed by atoms with Crippen molar-refractivity contribution in [1.82, 2.24) is 5.32 Å². The highest BCUT2D eigenvalue weighted by Gasteiger charge is 2.18. The van der Waals surface area contributed by atoms with Crippen molar-refractivity contribution in [1.29, 1.82) is 0 Å². The second-order valence-electron chi connectivity index (χ2n) is 6.64. The number of halogens is 1. The number of nitrogens with one attached hydrogen (secondary N) is 1. The summed E-state index contributed by atoms with van der Waals surface area (Å²) in [6.07, 6.45) is -0.545. The Hall–Kier alpha value is -1.26. The minimum absolute atomic E-state index is 0. The summed E-state index contributed by atoms with van der Waals surface area (Å²) in [7, 11) is 0. The molecular formula is C17H29ClN2O2. The van der Waals surface area contributed by atoms with Gasteiger partial charge in [0, 0.05) is 12.1 Å². The molecule has 0 aliphatic carbocycles. The molecule has 3 N–H and O–H groups in total. The predicted octanol–water partition coefficient (Wildman–Crippen LogP) is 3.16. The summed E-state index contributed by atoms with van der Waals surface area (Å²) >= 11 is 0. The molecule has 0 aliphatic heterocycles. The standard InChI is InChI=1S/C17H28N2O2.ClH/c1-11(2)15-8-7-14(9-12(15)3)21-13(4)16(20)19-10-17(5,6)18;/h7-9,11,13H,10,18H2,1-6H3,(H,19,20);1H. The first-order valence-electron chi connectivity index (χ1n) is 7.44. The van der Waals surface area contributed by atoms with Gasteiger partial charge >= 0.3 is 0 Å². The van der Waals surface area contributed by atoms with E-state index in [2.05, 4.69) is 32.2 Å². The fraction of sp³-hybridized carbons (Fsp3) is 0.588. The lowest BCUT2D eigenvalue weighted by Gasteiger charge is -2.21. The quantitative estimate of drug-likeness (QED) is 0.843. The maximum Gasteiger partial charge on any atom is 0.260 e. The van der Waals surface area contributed by atoms with Crippen molar-refractivity contribution in [2.45, 2.75) is 59.1 Å². The van der Waals surface area contributed by atoms with Gasteiger partial charge in [-0.25, -0.2) is 0 Å². The van der Waals surface area contributed by atoms with Gasteiger partial charge < -0.3 is 15.8 Å². The predicted molar refractivity (Wildman–Crippen MR) is 93.9 cm³/mol. The fourth-order valence-electron chi connectivity index (χ4n) is 2.09. The molecule has 0 radical (unpaired) electrons. The Morgan fingerprint density at radius 1 is 1.32 bits per heavy atom. The van der Waals surface area contributed by atoms with E-state index in [4.69, 9.17) is 10.5 Å². The first kappa shape index (κ1) is 20.7. The molecule has 1 aromatic carbocycles. The highest BCUT2D eigenvalue weighted by atomic mass is 35.5. The van der Waals surface area contributed by atoms with E-state index in [1.807, 2.05) is 26.0 Å². The van der Waals surface area contributed by atoms with Gasteiger partial charge in [0.15, 0.2) is 6.10 Å². The van der Waals surface area contributed by atoms with Gasteiger partial charge in [-0.1, -0.05) is 19.9 Å². The minimum Gasteiger partial charge on any atom is -0.481 e. The SMILES string of the molecule is Cc1cc(OC(C)C(=O)NCC(C)(C)N)ccc1C(C)C.Cl. The number of rotatable bonds is 6. The van der Waals surface area contributed by atoms with Gasteiger partial charge in [0.25, 0.3) is 5.91 Å². The van der Waals surface area contributed by atoms with Gasteiger partial charge in [0.1, 0.15) is 5.75 Å². The van der Waals surface area contributed by atoms with Crippen LogP contribution < -0.4 is 15.8 Å². The van der Waals surface area contributed by atoms with Crippen molar-refractivity contribution in [3.8, 4) is 5.75 Å². The summed E-state index contributed by atoms with van der Waals surface area (Å²) in [5.41, 5.74) is 7.89. The van der Waals surface area contributed by atoms with E-state index in [1.165, 1.54) is 11.1 Å². The van der Waals surface area contributed by atoms with E-state index >= 15 is 0 Å². The van der Waals surface area contributed by atoms with Crippen LogP contribution in [0.4, 0.5) is 0 Å². The van der Waals surface area contributed by atoms with Crippen molar-refractivity contribution in [3.63, 3.8) is 0 Å². The first-order valence-corrected chi connectivity index (χ1v) is 7.44. The second-order valence-corrected chi connectivity index (χ2v) is 6.64. The number of carbonyl (C=O) groups excluding carboxylic acids is 1. The molecule has 4 nitrogen and oxygen atoms in total. The largest absolute Gasteiger partial charge is 0.481 e. The summed E-state index contributed by atoms with van der Waals surface area (Å²) in [5.74, 6) is 1.04. The van der Waals surface area contributed by atoms with Crippen LogP contribution in [0.25, 0.3) is 0 Å². The summed E-state index contributed by atoms with van der Waals surface area (Å²) in [5, 5.41) is 2.80. The van der Waals surface area contributed by atoms with Gasteiger partial charge in [-0.15, -0.1) is 12.4 Å². The normalized spacial score (nSPS) is 12.5. The summed E-state index contributed by atoms with van der Waals surface area (Å²) in [6, 6.07) is 5.95. The van der Waals surface area contributed by atoms with Gasteiger partial charge in [0.2, 0.25) is 0 Å². The molecule has 22 heavy (non-hydrogen) atoms. The van der Waals surface area contributed by atoms with Crippen LogP contribution in [-0.4, -0.2) is 24.1 Å². The molecule has 0 saturated carbocycles. The average molecular weight is 329 g/mol. The van der Waals surface area contributed by atoms with Crippen LogP contribution in [0.2, 0.25) is 0 Å². The number of nitrogens with two attached hydrogens (primary N) is 1. The molecule has 0 spiro atoms. The second kappa shape index (κ2) is 8.39. The van der Waals surface area contributed by atoms with Crippen molar-refractivity contribution >= 4 is 18.3 Å². The van der Waals surface area contributed by atoms with Crippen molar-refractivity contribution < 1.29 is 9.53 Å². The summed E-state index contributed by atoms with van der Waals surface area (Å²) < 4.78 is 5.70. The molecule has 5 heteroatoms. The number of hydrogen-bond donors (Lipinski definition) is 2. The molecule has 126 valence electrons. The number of amides is 1. The summed E-state index contributed by atoms with van der Waals surface area (Å²) in [6.45, 7) is 12.3. The molecule has 0 aromatic heterocycles. The number of hydrogen-bond acceptors (Lipinski definition) is 3. The molecule has 1 unspecified atom stereocenters. The minimum atomic E-state index is -0.545. The Morgan fingerprint density at radius 2 is 1.91 bits per heavy atom. The Balaban J connectivity index is 0.00000441. The van der Waals surface area contributed by atoms with Gasteiger partial charge in [-0.05, 0) is 56.9 Å². The molecule has 0 bridgehead atoms. The highest BCUT2D eigenvalue weighted by molar-refractivity contribution is 5.85. The van der Waals surface area contributed by atoms with Gasteiger partial charge in [-0.2, -0.15) is 0 Å². The van der Waals surface area contributed by atoms with Crippen LogP contribution >= 0.6 is 12.4 Å². The molecule has 0 aliphatic rings. The molecular weight excluding hydrogens is 300 g/mol. The van der Waals surface area contributed by atoms with Crippen LogP contribution in [0.1, 0.15) is 51.7 Å². The molecule has 0 saturated heterocycles. The number of carbonyl (C=O) groups is 1. The first-order chi connectivity index (χ1) is 9.60. The number of benzene rings is 1. The van der Waals surface area contributed by atoms with E-state index in [1.54, 1.807) is 6.92 Å². The number of ether oxygens (including phenoxy) is 1. The van der Waals surface area contributed by atoms with Crippen LogP contribution in [0.3, 0.4) is 0 Å². The zero-order valence-electron chi connectivity index (χ0n) is 14.4. The number of aryl methyl sites for hydroxylation is 1. The van der Waals surface area contributed by atoms with E-state index < -0.39 is 11.6 Å². The molecule has 1 amide bonds. The fourth-order valence-corrected chi connectivity index (χ4v) is 2.09. The Bertz CT molecular complexity index is 496. The topological polar surface area (TPSA) is 64.3 Å². The van der Waals surface area contributed by atoms with Crippen LogP contribution in [-0.2, 0) is 4.79 Å². The zero-order valence-corrected chi connectivity index (χ0v) is 15.2. The van der Waals surface area contributed by atoms with E-state index in [9.17, 15) is 4.79 Å². The van der Waals surface area contributed by atoms with Crippen LogP contribution in [0.15, 0.2) is 18.2 Å². The Labute approximate surface area is 140 Å². The van der Waals surface area contributed by atoms with Gasteiger partial charge in [-0.3, -0.25) is 4.79 Å².